The van der Waals surface area contributed by atoms with E-state index >= 15 is 0 Å². The molecule has 10 nitrogen and oxygen atoms in total. The fourth-order valence-electron chi connectivity index (χ4n) is 3.21. The number of amides is 1. The van der Waals surface area contributed by atoms with Crippen LogP contribution in [-0.4, -0.2) is 61.0 Å². The van der Waals surface area contributed by atoms with Crippen LogP contribution in [0, 0.1) is 5.92 Å². The molecule has 0 N–H and O–H groups in total. The first-order valence-electron chi connectivity index (χ1n) is 9.84. The van der Waals surface area contributed by atoms with E-state index in [1.165, 1.54) is 28.3 Å². The summed E-state index contributed by atoms with van der Waals surface area (Å²) in [6.45, 7) is 1.99. The summed E-state index contributed by atoms with van der Waals surface area (Å²) < 4.78 is 63.8. The lowest BCUT2D eigenvalue weighted by molar-refractivity contribution is -0.0436. The van der Waals surface area contributed by atoms with Crippen LogP contribution in [0.5, 0.6) is 0 Å². The normalized spacial score (nSPS) is 15.3. The van der Waals surface area contributed by atoms with E-state index < -0.39 is 32.2 Å². The van der Waals surface area contributed by atoms with Crippen LogP contribution in [0.25, 0.3) is 5.95 Å². The van der Waals surface area contributed by atoms with Crippen LogP contribution in [0.15, 0.2) is 48.1 Å². The van der Waals surface area contributed by atoms with Gasteiger partial charge in [0.05, 0.1) is 16.5 Å². The predicted octanol–water partition coefficient (Wildman–Crippen LogP) is 2.36. The molecule has 3 aromatic heterocycles. The van der Waals surface area contributed by atoms with E-state index in [-0.39, 0.29) is 17.4 Å². The average molecular weight is 481 g/mol. The summed E-state index contributed by atoms with van der Waals surface area (Å²) in [5.41, 5.74) is -5.79. The van der Waals surface area contributed by atoms with E-state index in [1.54, 1.807) is 13.0 Å². The Hall–Kier alpha value is -3.42. The maximum Gasteiger partial charge on any atom is 0.501 e. The zero-order chi connectivity index (χ0) is 23.8. The van der Waals surface area contributed by atoms with Crippen molar-refractivity contribution < 1.29 is 26.4 Å². The SMILES string of the molecule is CC(c1ncnn1-c1ncccn1)N(CC1CC1)C(=O)c1cncc(S(=O)(=O)C(F)(F)F)c1. The molecular weight excluding hydrogens is 463 g/mol. The van der Waals surface area contributed by atoms with Crippen molar-refractivity contribution in [2.45, 2.75) is 36.2 Å². The monoisotopic (exact) mass is 481 g/mol. The van der Waals surface area contributed by atoms with Crippen LogP contribution >= 0.6 is 0 Å². The second-order valence-electron chi connectivity index (χ2n) is 7.51. The molecule has 1 unspecified atom stereocenters. The Morgan fingerprint density at radius 1 is 1.21 bits per heavy atom. The predicted molar refractivity (Wildman–Crippen MR) is 107 cm³/mol. The van der Waals surface area contributed by atoms with Gasteiger partial charge in [0.1, 0.15) is 6.33 Å². The highest BCUT2D eigenvalue weighted by Crippen LogP contribution is 2.34. The highest BCUT2D eigenvalue weighted by atomic mass is 32.2. The minimum Gasteiger partial charge on any atom is -0.328 e. The zero-order valence-electron chi connectivity index (χ0n) is 17.2. The Labute approximate surface area is 186 Å². The maximum absolute atomic E-state index is 13.3. The molecule has 0 aliphatic heterocycles. The molecule has 0 aromatic carbocycles. The summed E-state index contributed by atoms with van der Waals surface area (Å²) in [6.07, 6.45) is 7.71. The third-order valence-corrected chi connectivity index (χ3v) is 6.60. The zero-order valence-corrected chi connectivity index (χ0v) is 18.0. The lowest BCUT2D eigenvalue weighted by Crippen LogP contribution is -2.37. The number of pyridine rings is 1. The second-order valence-corrected chi connectivity index (χ2v) is 9.46. The second kappa shape index (κ2) is 8.50. The van der Waals surface area contributed by atoms with E-state index in [9.17, 15) is 26.4 Å². The van der Waals surface area contributed by atoms with Crippen LogP contribution in [0.1, 0.15) is 42.0 Å². The molecule has 0 radical (unpaired) electrons. The number of sulfone groups is 1. The van der Waals surface area contributed by atoms with E-state index in [1.807, 2.05) is 0 Å². The smallest absolute Gasteiger partial charge is 0.328 e. The number of aromatic nitrogens is 6. The summed E-state index contributed by atoms with van der Waals surface area (Å²) >= 11 is 0. The van der Waals surface area contributed by atoms with Crippen molar-refractivity contribution in [1.82, 2.24) is 34.6 Å². The van der Waals surface area contributed by atoms with Crippen molar-refractivity contribution >= 4 is 15.7 Å². The van der Waals surface area contributed by atoms with Gasteiger partial charge in [0.25, 0.3) is 21.7 Å². The highest BCUT2D eigenvalue weighted by Gasteiger charge is 2.47. The molecule has 14 heteroatoms. The Bertz CT molecular complexity index is 1260. The van der Waals surface area contributed by atoms with Gasteiger partial charge in [-0.05, 0) is 37.8 Å². The van der Waals surface area contributed by atoms with Gasteiger partial charge in [0, 0.05) is 31.3 Å². The third-order valence-electron chi connectivity index (χ3n) is 5.14. The number of nitrogens with zero attached hydrogens (tertiary/aromatic N) is 7. The molecule has 1 aliphatic rings. The average Bonchev–Trinajstić information content (AvgIpc) is 3.48. The molecule has 1 atom stereocenters. The van der Waals surface area contributed by atoms with Crippen LogP contribution in [0.3, 0.4) is 0 Å². The number of carbonyl (C=O) groups excluding carboxylic acids is 1. The number of hydrogen-bond donors (Lipinski definition) is 0. The van der Waals surface area contributed by atoms with Crippen molar-refractivity contribution in [3.05, 3.63) is 54.6 Å². The summed E-state index contributed by atoms with van der Waals surface area (Å²) in [7, 11) is -5.65. The molecule has 3 heterocycles. The number of hydrogen-bond acceptors (Lipinski definition) is 8. The minimum atomic E-state index is -5.65. The van der Waals surface area contributed by atoms with Gasteiger partial charge in [-0.2, -0.15) is 23.0 Å². The van der Waals surface area contributed by atoms with Crippen molar-refractivity contribution in [3.63, 3.8) is 0 Å². The Morgan fingerprint density at radius 3 is 2.55 bits per heavy atom. The highest BCUT2D eigenvalue weighted by molar-refractivity contribution is 7.92. The van der Waals surface area contributed by atoms with Gasteiger partial charge in [-0.15, -0.1) is 0 Å². The Kier molecular flexibility index (Phi) is 5.86. The van der Waals surface area contributed by atoms with Crippen molar-refractivity contribution in [2.24, 2.45) is 5.92 Å². The standard InChI is InChI=1S/C19H18F3N7O3S/c1-12(16-26-11-27-29(16)18-24-5-2-6-25-18)28(10-13-3-4-13)17(30)14-7-15(9-23-8-14)33(31,32)19(20,21)22/h2,5-9,11-13H,3-4,10H2,1H3. The van der Waals surface area contributed by atoms with Gasteiger partial charge in [-0.1, -0.05) is 0 Å². The first-order chi connectivity index (χ1) is 15.6. The van der Waals surface area contributed by atoms with Crippen molar-refractivity contribution in [3.8, 4) is 5.95 Å². The minimum absolute atomic E-state index is 0.218. The van der Waals surface area contributed by atoms with Gasteiger partial charge in [-0.25, -0.2) is 23.4 Å². The lowest BCUT2D eigenvalue weighted by atomic mass is 10.1. The molecule has 1 amide bonds. The van der Waals surface area contributed by atoms with Gasteiger partial charge in [-0.3, -0.25) is 9.78 Å². The van der Waals surface area contributed by atoms with E-state index in [0.29, 0.717) is 24.6 Å². The summed E-state index contributed by atoms with van der Waals surface area (Å²) in [6, 6.07) is 1.64. The van der Waals surface area contributed by atoms with Gasteiger partial charge in [0.15, 0.2) is 5.82 Å². The lowest BCUT2D eigenvalue weighted by Gasteiger charge is -2.29. The third kappa shape index (κ3) is 4.55. The van der Waals surface area contributed by atoms with E-state index in [2.05, 4.69) is 25.0 Å². The van der Waals surface area contributed by atoms with Crippen LogP contribution < -0.4 is 0 Å². The van der Waals surface area contributed by atoms with Crippen LogP contribution in [0.4, 0.5) is 13.2 Å². The van der Waals surface area contributed by atoms with Crippen LogP contribution in [-0.2, 0) is 9.84 Å². The van der Waals surface area contributed by atoms with Gasteiger partial charge in [0.2, 0.25) is 0 Å². The number of rotatable bonds is 7. The molecule has 3 aromatic rings. The molecule has 0 spiro atoms. The van der Waals surface area contributed by atoms with E-state index in [4.69, 9.17) is 0 Å². The molecule has 1 saturated carbocycles. The van der Waals surface area contributed by atoms with Gasteiger partial charge < -0.3 is 4.90 Å². The molecular formula is C19H18F3N7O3S. The first-order valence-corrected chi connectivity index (χ1v) is 11.3. The molecule has 0 saturated heterocycles. The Morgan fingerprint density at radius 2 is 1.91 bits per heavy atom. The quantitative estimate of drug-likeness (QED) is 0.504. The molecule has 4 rings (SSSR count). The first kappa shape index (κ1) is 22.8. The fraction of sp³-hybridized carbons (Fsp3) is 0.368. The number of alkyl halides is 3. The topological polar surface area (TPSA) is 124 Å². The fourth-order valence-corrected chi connectivity index (χ4v) is 3.96. The summed E-state index contributed by atoms with van der Waals surface area (Å²) in [4.78, 5) is 29.7. The van der Waals surface area contributed by atoms with Crippen molar-refractivity contribution in [1.29, 1.82) is 0 Å². The maximum atomic E-state index is 13.3. The number of carbonyl (C=O) groups is 1. The largest absolute Gasteiger partial charge is 0.501 e. The summed E-state index contributed by atoms with van der Waals surface area (Å²) in [5.74, 6) is 0.110. The van der Waals surface area contributed by atoms with Gasteiger partial charge >= 0.3 is 5.51 Å². The van der Waals surface area contributed by atoms with Crippen molar-refractivity contribution in [2.75, 3.05) is 6.54 Å². The molecule has 1 fully saturated rings. The molecule has 1 aliphatic carbocycles. The molecule has 174 valence electrons. The number of halogens is 3. The molecule has 0 bridgehead atoms. The van der Waals surface area contributed by atoms with E-state index in [0.717, 1.165) is 19.0 Å². The van der Waals surface area contributed by atoms with Crippen LogP contribution in [0.2, 0.25) is 0 Å². The Balaban J connectivity index is 1.69. The summed E-state index contributed by atoms with van der Waals surface area (Å²) in [5, 5.41) is 4.12. The molecule has 33 heavy (non-hydrogen) atoms.